The smallest absolute Gasteiger partial charge is 0.140 e. The molecule has 116 valence electrons. The number of carbonyl (C=O) groups excluding carboxylic acids is 1. The predicted octanol–water partition coefficient (Wildman–Crippen LogP) is 4.14. The molecule has 0 unspecified atom stereocenters. The Balaban J connectivity index is 2.18. The highest BCUT2D eigenvalue weighted by Gasteiger charge is 2.23. The summed E-state index contributed by atoms with van der Waals surface area (Å²) in [4.78, 5) is 12.5. The van der Waals surface area contributed by atoms with Gasteiger partial charge in [0.25, 0.3) is 0 Å². The molecule has 2 nitrogen and oxygen atoms in total. The summed E-state index contributed by atoms with van der Waals surface area (Å²) in [6.07, 6.45) is 2.35. The van der Waals surface area contributed by atoms with Gasteiger partial charge in [0.2, 0.25) is 0 Å². The topological polar surface area (TPSA) is 26.3 Å². The number of Topliss-reactive ketones (excluding diaryl/α,β-unsaturated/α-hetero) is 1. The Bertz CT molecular complexity index is 494. The van der Waals surface area contributed by atoms with Gasteiger partial charge in [0.05, 0.1) is 0 Å². The lowest BCUT2D eigenvalue weighted by molar-refractivity contribution is -0.125. The van der Waals surface area contributed by atoms with Gasteiger partial charge in [0.15, 0.2) is 0 Å². The minimum Gasteiger partial charge on any atom is -0.381 e. The van der Waals surface area contributed by atoms with Gasteiger partial charge in [-0.3, -0.25) is 4.79 Å². The van der Waals surface area contributed by atoms with Gasteiger partial charge in [-0.1, -0.05) is 32.9 Å². The number of benzene rings is 1. The van der Waals surface area contributed by atoms with Crippen LogP contribution in [-0.2, 0) is 21.4 Å². The highest BCUT2D eigenvalue weighted by atomic mass is 16.5. The van der Waals surface area contributed by atoms with Crippen LogP contribution in [-0.4, -0.2) is 19.0 Å². The van der Waals surface area contributed by atoms with Crippen molar-refractivity contribution in [3.05, 3.63) is 34.4 Å². The average molecular weight is 288 g/mol. The molecule has 0 atom stereocenters. The third-order valence-electron chi connectivity index (χ3n) is 4.59. The molecule has 1 saturated heterocycles. The number of aryl methyl sites for hydroxylation is 2. The Morgan fingerprint density at radius 3 is 2.14 bits per heavy atom. The summed E-state index contributed by atoms with van der Waals surface area (Å²) >= 11 is 0. The molecule has 2 heteroatoms. The van der Waals surface area contributed by atoms with E-state index in [0.29, 0.717) is 12.2 Å². The first-order chi connectivity index (χ1) is 9.79. The minimum absolute atomic E-state index is 0.152. The zero-order valence-electron chi connectivity index (χ0n) is 14.1. The van der Waals surface area contributed by atoms with Crippen molar-refractivity contribution >= 4 is 5.78 Å². The van der Waals surface area contributed by atoms with Crippen molar-refractivity contribution in [1.82, 2.24) is 0 Å². The number of hydrogen-bond donors (Lipinski definition) is 0. The molecule has 0 radical (unpaired) electrons. The maximum Gasteiger partial charge on any atom is 0.140 e. The standard InChI is InChI=1S/C19H28O2/c1-13-10-16(19(3,4)5)11-14(2)17(13)12-18(20)15-6-8-21-9-7-15/h10-11,15H,6-9,12H2,1-5H3. The molecule has 0 aromatic heterocycles. The van der Waals surface area contributed by atoms with Crippen LogP contribution in [0.25, 0.3) is 0 Å². The van der Waals surface area contributed by atoms with Gasteiger partial charge in [-0.05, 0) is 54.4 Å². The van der Waals surface area contributed by atoms with Gasteiger partial charge in [-0.2, -0.15) is 0 Å². The molecule has 0 N–H and O–H groups in total. The van der Waals surface area contributed by atoms with Crippen molar-refractivity contribution < 1.29 is 9.53 Å². The van der Waals surface area contributed by atoms with Crippen LogP contribution in [0.1, 0.15) is 55.9 Å². The second-order valence-corrected chi connectivity index (χ2v) is 7.37. The van der Waals surface area contributed by atoms with Crippen LogP contribution >= 0.6 is 0 Å². The molecular weight excluding hydrogens is 260 g/mol. The first-order valence-corrected chi connectivity index (χ1v) is 8.00. The van der Waals surface area contributed by atoms with E-state index in [-0.39, 0.29) is 11.3 Å². The second-order valence-electron chi connectivity index (χ2n) is 7.37. The van der Waals surface area contributed by atoms with Crippen LogP contribution in [0.4, 0.5) is 0 Å². The molecule has 2 rings (SSSR count). The Morgan fingerprint density at radius 1 is 1.14 bits per heavy atom. The lowest BCUT2D eigenvalue weighted by Gasteiger charge is -2.24. The van der Waals surface area contributed by atoms with E-state index in [9.17, 15) is 4.79 Å². The van der Waals surface area contributed by atoms with Crippen molar-refractivity contribution in [2.24, 2.45) is 5.92 Å². The monoisotopic (exact) mass is 288 g/mol. The van der Waals surface area contributed by atoms with Crippen molar-refractivity contribution in [2.75, 3.05) is 13.2 Å². The van der Waals surface area contributed by atoms with E-state index in [0.717, 1.165) is 26.1 Å². The van der Waals surface area contributed by atoms with E-state index < -0.39 is 0 Å². The van der Waals surface area contributed by atoms with Gasteiger partial charge >= 0.3 is 0 Å². The van der Waals surface area contributed by atoms with Crippen LogP contribution in [0.2, 0.25) is 0 Å². The van der Waals surface area contributed by atoms with E-state index in [1.54, 1.807) is 0 Å². The highest BCUT2D eigenvalue weighted by Crippen LogP contribution is 2.28. The number of hydrogen-bond acceptors (Lipinski definition) is 2. The maximum absolute atomic E-state index is 12.5. The maximum atomic E-state index is 12.5. The summed E-state index contributed by atoms with van der Waals surface area (Å²) in [5.74, 6) is 0.577. The molecule has 1 fully saturated rings. The number of ether oxygens (including phenoxy) is 1. The van der Waals surface area contributed by atoms with Crippen LogP contribution in [0, 0.1) is 19.8 Å². The Kier molecular flexibility index (Phi) is 4.88. The quantitative estimate of drug-likeness (QED) is 0.835. The normalized spacial score (nSPS) is 17.0. The first-order valence-electron chi connectivity index (χ1n) is 8.00. The van der Waals surface area contributed by atoms with Gasteiger partial charge in [0, 0.05) is 25.6 Å². The molecule has 0 amide bonds. The second kappa shape index (κ2) is 6.31. The summed E-state index contributed by atoms with van der Waals surface area (Å²) in [5.41, 5.74) is 5.22. The summed E-state index contributed by atoms with van der Waals surface area (Å²) in [7, 11) is 0. The van der Waals surface area contributed by atoms with Gasteiger partial charge < -0.3 is 4.74 Å². The van der Waals surface area contributed by atoms with Gasteiger partial charge in [0.1, 0.15) is 5.78 Å². The molecule has 0 aliphatic carbocycles. The molecule has 1 aliphatic rings. The van der Waals surface area contributed by atoms with Crippen LogP contribution in [0.3, 0.4) is 0 Å². The Morgan fingerprint density at radius 2 is 1.67 bits per heavy atom. The Hall–Kier alpha value is -1.15. The van der Waals surface area contributed by atoms with Crippen LogP contribution in [0.15, 0.2) is 12.1 Å². The van der Waals surface area contributed by atoms with Crippen LogP contribution < -0.4 is 0 Å². The minimum atomic E-state index is 0.152. The zero-order chi connectivity index (χ0) is 15.6. The molecule has 1 aromatic rings. The highest BCUT2D eigenvalue weighted by molar-refractivity contribution is 5.84. The summed E-state index contributed by atoms with van der Waals surface area (Å²) in [5, 5.41) is 0. The van der Waals surface area contributed by atoms with Crippen molar-refractivity contribution in [2.45, 2.75) is 59.3 Å². The van der Waals surface area contributed by atoms with Gasteiger partial charge in [-0.15, -0.1) is 0 Å². The van der Waals surface area contributed by atoms with E-state index in [2.05, 4.69) is 46.8 Å². The number of ketones is 1. The third-order valence-corrected chi connectivity index (χ3v) is 4.59. The largest absolute Gasteiger partial charge is 0.381 e. The summed E-state index contributed by atoms with van der Waals surface area (Å²) in [6, 6.07) is 4.50. The molecule has 0 bridgehead atoms. The average Bonchev–Trinajstić information content (AvgIpc) is 2.42. The third kappa shape index (κ3) is 3.94. The van der Waals surface area contributed by atoms with Crippen molar-refractivity contribution in [3.8, 4) is 0 Å². The molecule has 1 aliphatic heterocycles. The van der Waals surface area contributed by atoms with E-state index >= 15 is 0 Å². The lowest BCUT2D eigenvalue weighted by Crippen LogP contribution is -2.25. The summed E-state index contributed by atoms with van der Waals surface area (Å²) < 4.78 is 5.35. The van der Waals surface area contributed by atoms with Crippen LogP contribution in [0.5, 0.6) is 0 Å². The predicted molar refractivity (Wildman–Crippen MR) is 86.9 cm³/mol. The fourth-order valence-corrected chi connectivity index (χ4v) is 3.04. The Labute approximate surface area is 128 Å². The fraction of sp³-hybridized carbons (Fsp3) is 0.632. The van der Waals surface area contributed by atoms with Crippen molar-refractivity contribution in [3.63, 3.8) is 0 Å². The molecule has 1 heterocycles. The van der Waals surface area contributed by atoms with E-state index in [1.165, 1.54) is 22.3 Å². The molecule has 0 saturated carbocycles. The van der Waals surface area contributed by atoms with Gasteiger partial charge in [-0.25, -0.2) is 0 Å². The SMILES string of the molecule is Cc1cc(C(C)(C)C)cc(C)c1CC(=O)C1CCOCC1. The van der Waals surface area contributed by atoms with E-state index in [1.807, 2.05) is 0 Å². The van der Waals surface area contributed by atoms with E-state index in [4.69, 9.17) is 4.74 Å². The summed E-state index contributed by atoms with van der Waals surface area (Å²) in [6.45, 7) is 12.4. The van der Waals surface area contributed by atoms with Crippen molar-refractivity contribution in [1.29, 1.82) is 0 Å². The fourth-order valence-electron chi connectivity index (χ4n) is 3.04. The molecule has 0 spiro atoms. The molecule has 21 heavy (non-hydrogen) atoms. The lowest BCUT2D eigenvalue weighted by atomic mass is 9.82. The number of carbonyl (C=O) groups is 1. The molecule has 1 aromatic carbocycles. The zero-order valence-corrected chi connectivity index (χ0v) is 14.1. The number of rotatable bonds is 3. The first kappa shape index (κ1) is 16.2. The molecular formula is C19H28O2.